The first-order valence-corrected chi connectivity index (χ1v) is 7.17. The summed E-state index contributed by atoms with van der Waals surface area (Å²) in [7, 11) is 0. The van der Waals surface area contributed by atoms with Gasteiger partial charge in [-0.3, -0.25) is 5.32 Å². The highest BCUT2D eigenvalue weighted by Crippen LogP contribution is 2.19. The van der Waals surface area contributed by atoms with Crippen molar-refractivity contribution in [3.8, 4) is 23.5 Å². The van der Waals surface area contributed by atoms with E-state index >= 15 is 0 Å². The Balaban J connectivity index is 1.97. The normalized spacial score (nSPS) is 11.8. The monoisotopic (exact) mass is 263 g/mol. The van der Waals surface area contributed by atoms with Crippen LogP contribution in [0.5, 0.6) is 0 Å². The van der Waals surface area contributed by atoms with E-state index in [1.54, 1.807) is 0 Å². The summed E-state index contributed by atoms with van der Waals surface area (Å²) in [6.07, 6.45) is 7.64. The molecule has 0 aliphatic carbocycles. The van der Waals surface area contributed by atoms with Crippen LogP contribution in [-0.2, 0) is 6.54 Å². The molecule has 20 heavy (non-hydrogen) atoms. The maximum atomic E-state index is 5.51. The summed E-state index contributed by atoms with van der Waals surface area (Å²) in [5, 5.41) is 3.41. The molecule has 0 aromatic heterocycles. The molecule has 1 nitrogen and oxygen atoms in total. The maximum absolute atomic E-state index is 5.51. The van der Waals surface area contributed by atoms with E-state index in [0.29, 0.717) is 0 Å². The fourth-order valence-electron chi connectivity index (χ4n) is 2.22. The molecule has 2 rings (SSSR count). The van der Waals surface area contributed by atoms with Crippen LogP contribution in [0.15, 0.2) is 54.6 Å². The van der Waals surface area contributed by atoms with E-state index in [1.807, 2.05) is 6.07 Å². The number of terminal acetylenes is 1. The lowest BCUT2D eigenvalue weighted by atomic mass is 10.0. The molecule has 0 radical (unpaired) electrons. The number of hydrogen-bond acceptors (Lipinski definition) is 1. The second-order valence-corrected chi connectivity index (χ2v) is 4.95. The summed E-state index contributed by atoms with van der Waals surface area (Å²) >= 11 is 0. The van der Waals surface area contributed by atoms with Crippen molar-refractivity contribution in [1.29, 1.82) is 0 Å². The SMILES string of the molecule is C#CC(CCC)NCc1ccc(-c2ccccc2)cc1. The third-order valence-electron chi connectivity index (χ3n) is 3.39. The van der Waals surface area contributed by atoms with Crippen molar-refractivity contribution in [3.05, 3.63) is 60.2 Å². The molecule has 0 heterocycles. The van der Waals surface area contributed by atoms with Gasteiger partial charge in [0, 0.05) is 6.54 Å². The van der Waals surface area contributed by atoms with Crippen LogP contribution in [-0.4, -0.2) is 6.04 Å². The van der Waals surface area contributed by atoms with Crippen LogP contribution in [0, 0.1) is 12.3 Å². The highest BCUT2D eigenvalue weighted by atomic mass is 14.9. The fraction of sp³-hybridized carbons (Fsp3) is 0.263. The van der Waals surface area contributed by atoms with E-state index in [9.17, 15) is 0 Å². The number of nitrogens with one attached hydrogen (secondary N) is 1. The first kappa shape index (κ1) is 14.4. The van der Waals surface area contributed by atoms with Gasteiger partial charge in [0.2, 0.25) is 0 Å². The number of rotatable bonds is 6. The maximum Gasteiger partial charge on any atom is 0.0689 e. The Morgan fingerprint density at radius 3 is 2.25 bits per heavy atom. The second kappa shape index (κ2) is 7.53. The summed E-state index contributed by atoms with van der Waals surface area (Å²) in [4.78, 5) is 0. The van der Waals surface area contributed by atoms with Crippen molar-refractivity contribution in [2.45, 2.75) is 32.4 Å². The van der Waals surface area contributed by atoms with Crippen LogP contribution in [0.4, 0.5) is 0 Å². The van der Waals surface area contributed by atoms with E-state index in [2.05, 4.69) is 66.7 Å². The van der Waals surface area contributed by atoms with Crippen LogP contribution in [0.2, 0.25) is 0 Å². The largest absolute Gasteiger partial charge is 0.300 e. The van der Waals surface area contributed by atoms with Gasteiger partial charge in [-0.2, -0.15) is 0 Å². The Morgan fingerprint density at radius 2 is 1.65 bits per heavy atom. The van der Waals surface area contributed by atoms with Gasteiger partial charge in [-0.25, -0.2) is 0 Å². The standard InChI is InChI=1S/C19H21N/c1-3-8-19(4-2)20-15-16-11-13-18(14-12-16)17-9-6-5-7-10-17/h2,5-7,9-14,19-20H,3,8,15H2,1H3. The molecule has 2 aromatic rings. The molecule has 0 aliphatic heterocycles. The lowest BCUT2D eigenvalue weighted by Gasteiger charge is -2.12. The molecular formula is C19H21N. The zero-order valence-corrected chi connectivity index (χ0v) is 12.0. The first-order chi connectivity index (χ1) is 9.83. The Labute approximate surface area is 122 Å². The third kappa shape index (κ3) is 3.98. The van der Waals surface area contributed by atoms with E-state index in [-0.39, 0.29) is 6.04 Å². The Bertz CT molecular complexity index is 549. The van der Waals surface area contributed by atoms with Crippen LogP contribution in [0.1, 0.15) is 25.3 Å². The van der Waals surface area contributed by atoms with Gasteiger partial charge in [0.1, 0.15) is 0 Å². The molecule has 1 atom stereocenters. The Hall–Kier alpha value is -2.04. The molecule has 1 heteroatoms. The molecule has 0 amide bonds. The fourth-order valence-corrected chi connectivity index (χ4v) is 2.22. The zero-order valence-electron chi connectivity index (χ0n) is 12.0. The summed E-state index contributed by atoms with van der Waals surface area (Å²) in [5.41, 5.74) is 3.76. The number of hydrogen-bond donors (Lipinski definition) is 1. The summed E-state index contributed by atoms with van der Waals surface area (Å²) < 4.78 is 0. The van der Waals surface area contributed by atoms with Crippen molar-refractivity contribution >= 4 is 0 Å². The lowest BCUT2D eigenvalue weighted by molar-refractivity contribution is 0.563. The molecule has 0 spiro atoms. The minimum Gasteiger partial charge on any atom is -0.300 e. The zero-order chi connectivity index (χ0) is 14.2. The topological polar surface area (TPSA) is 12.0 Å². The van der Waals surface area contributed by atoms with Crippen LogP contribution < -0.4 is 5.32 Å². The molecular weight excluding hydrogens is 242 g/mol. The van der Waals surface area contributed by atoms with Gasteiger partial charge >= 0.3 is 0 Å². The Morgan fingerprint density at radius 1 is 1.00 bits per heavy atom. The molecule has 1 N–H and O–H groups in total. The van der Waals surface area contributed by atoms with Gasteiger partial charge in [0.25, 0.3) is 0 Å². The lowest BCUT2D eigenvalue weighted by Crippen LogP contribution is -2.26. The van der Waals surface area contributed by atoms with Crippen molar-refractivity contribution in [2.75, 3.05) is 0 Å². The molecule has 0 fully saturated rings. The van der Waals surface area contributed by atoms with Gasteiger partial charge in [-0.1, -0.05) is 73.9 Å². The Kier molecular flexibility index (Phi) is 5.41. The average molecular weight is 263 g/mol. The predicted molar refractivity (Wildman–Crippen MR) is 86.2 cm³/mol. The van der Waals surface area contributed by atoms with E-state index in [0.717, 1.165) is 19.4 Å². The quantitative estimate of drug-likeness (QED) is 0.768. The van der Waals surface area contributed by atoms with Gasteiger partial charge in [0.15, 0.2) is 0 Å². The second-order valence-electron chi connectivity index (χ2n) is 4.95. The summed E-state index contributed by atoms with van der Waals surface area (Å²) in [5.74, 6) is 2.80. The number of benzene rings is 2. The van der Waals surface area contributed by atoms with Crippen LogP contribution >= 0.6 is 0 Å². The summed E-state index contributed by atoms with van der Waals surface area (Å²) in [6, 6.07) is 19.2. The molecule has 0 bridgehead atoms. The van der Waals surface area contributed by atoms with Crippen molar-refractivity contribution in [1.82, 2.24) is 5.32 Å². The van der Waals surface area contributed by atoms with Crippen molar-refractivity contribution < 1.29 is 0 Å². The van der Waals surface area contributed by atoms with E-state index in [1.165, 1.54) is 16.7 Å². The minimum atomic E-state index is 0.175. The smallest absolute Gasteiger partial charge is 0.0689 e. The van der Waals surface area contributed by atoms with E-state index in [4.69, 9.17) is 6.42 Å². The van der Waals surface area contributed by atoms with Crippen molar-refractivity contribution in [3.63, 3.8) is 0 Å². The molecule has 1 unspecified atom stereocenters. The van der Waals surface area contributed by atoms with Crippen molar-refractivity contribution in [2.24, 2.45) is 0 Å². The van der Waals surface area contributed by atoms with Gasteiger partial charge < -0.3 is 0 Å². The highest BCUT2D eigenvalue weighted by molar-refractivity contribution is 5.63. The van der Waals surface area contributed by atoms with Crippen LogP contribution in [0.3, 0.4) is 0 Å². The van der Waals surface area contributed by atoms with Gasteiger partial charge in [-0.05, 0) is 23.1 Å². The first-order valence-electron chi connectivity index (χ1n) is 7.17. The molecule has 0 saturated heterocycles. The average Bonchev–Trinajstić information content (AvgIpc) is 2.53. The minimum absolute atomic E-state index is 0.175. The molecule has 0 aliphatic rings. The third-order valence-corrected chi connectivity index (χ3v) is 3.39. The highest BCUT2D eigenvalue weighted by Gasteiger charge is 2.03. The molecule has 0 saturated carbocycles. The van der Waals surface area contributed by atoms with E-state index < -0.39 is 0 Å². The van der Waals surface area contributed by atoms with Gasteiger partial charge in [-0.15, -0.1) is 6.42 Å². The van der Waals surface area contributed by atoms with Gasteiger partial charge in [0.05, 0.1) is 6.04 Å². The van der Waals surface area contributed by atoms with Crippen LogP contribution in [0.25, 0.3) is 11.1 Å². The summed E-state index contributed by atoms with van der Waals surface area (Å²) in [6.45, 7) is 2.98. The predicted octanol–water partition coefficient (Wildman–Crippen LogP) is 4.25. The molecule has 102 valence electrons. The molecule has 2 aromatic carbocycles.